The van der Waals surface area contributed by atoms with Crippen molar-refractivity contribution in [1.29, 1.82) is 0 Å². The van der Waals surface area contributed by atoms with Gasteiger partial charge in [0, 0.05) is 38.2 Å². The van der Waals surface area contributed by atoms with Gasteiger partial charge in [0.1, 0.15) is 24.1 Å². The number of benzene rings is 3. The van der Waals surface area contributed by atoms with Crippen LogP contribution >= 0.6 is 0 Å². The number of ether oxygens (including phenoxy) is 5. The lowest BCUT2D eigenvalue weighted by molar-refractivity contribution is -0.154. The smallest absolute Gasteiger partial charge is 0.345 e. The molecule has 3 heterocycles. The molecule has 0 unspecified atom stereocenters. The fourth-order valence-corrected chi connectivity index (χ4v) is 5.69. The molecule has 1 fully saturated rings. The fourth-order valence-electron chi connectivity index (χ4n) is 5.69. The summed E-state index contributed by atoms with van der Waals surface area (Å²) in [5.41, 5.74) is 5.16. The summed E-state index contributed by atoms with van der Waals surface area (Å²) in [6, 6.07) is 35.5. The van der Waals surface area contributed by atoms with Crippen molar-refractivity contribution >= 4 is 47.6 Å². The summed E-state index contributed by atoms with van der Waals surface area (Å²) in [7, 11) is 0. The Hall–Kier alpha value is -7.26. The highest BCUT2D eigenvalue weighted by molar-refractivity contribution is 6.14. The Morgan fingerprint density at radius 1 is 0.638 bits per heavy atom. The van der Waals surface area contributed by atoms with Gasteiger partial charge in [0.15, 0.2) is 0 Å². The molecule has 69 heavy (non-hydrogen) atoms. The molecule has 0 saturated carbocycles. The van der Waals surface area contributed by atoms with E-state index in [2.05, 4.69) is 36.8 Å². The maximum Gasteiger partial charge on any atom is 0.345 e. The van der Waals surface area contributed by atoms with E-state index in [1.165, 1.54) is 5.56 Å². The predicted molar refractivity (Wildman–Crippen MR) is 270 cm³/mol. The molecule has 5 aromatic rings. The van der Waals surface area contributed by atoms with Crippen molar-refractivity contribution in [3.05, 3.63) is 156 Å². The van der Waals surface area contributed by atoms with Crippen LogP contribution < -0.4 is 10.2 Å². The van der Waals surface area contributed by atoms with Crippen LogP contribution in [-0.4, -0.2) is 97.8 Å². The molecule has 0 amide bonds. The van der Waals surface area contributed by atoms with E-state index >= 15 is 0 Å². The molecule has 0 aliphatic carbocycles. The molecule has 0 radical (unpaired) electrons. The van der Waals surface area contributed by atoms with Crippen molar-refractivity contribution in [2.45, 2.75) is 81.1 Å². The lowest BCUT2D eigenvalue weighted by atomic mass is 10.1. The number of nitrogens with one attached hydrogen (secondary N) is 1. The maximum atomic E-state index is 11.7. The van der Waals surface area contributed by atoms with Crippen LogP contribution in [0.2, 0.25) is 0 Å². The second kappa shape index (κ2) is 38.8. The molecule has 1 aliphatic rings. The van der Waals surface area contributed by atoms with E-state index in [-0.39, 0.29) is 38.4 Å². The molecular weight excluding hydrogens is 879 g/mol. The van der Waals surface area contributed by atoms with Crippen LogP contribution in [0.25, 0.3) is 0 Å². The number of carbonyl (C=O) groups is 5. The van der Waals surface area contributed by atoms with Crippen molar-refractivity contribution in [2.24, 2.45) is 0 Å². The van der Waals surface area contributed by atoms with Crippen molar-refractivity contribution in [1.82, 2.24) is 15.0 Å². The molecular formula is C54H71N5O10. The van der Waals surface area contributed by atoms with Gasteiger partial charge in [-0.25, -0.2) is 14.6 Å². The summed E-state index contributed by atoms with van der Waals surface area (Å²) in [5, 5.41) is 3.34. The third kappa shape index (κ3) is 26.6. The summed E-state index contributed by atoms with van der Waals surface area (Å²) in [6.45, 7) is 18.8. The first-order chi connectivity index (χ1) is 33.7. The molecule has 15 heteroatoms. The van der Waals surface area contributed by atoms with Crippen LogP contribution in [0.5, 0.6) is 0 Å². The van der Waals surface area contributed by atoms with Gasteiger partial charge in [-0.15, -0.1) is 0 Å². The Bertz CT molecular complexity index is 2080. The molecule has 1 N–H and O–H groups in total. The minimum atomic E-state index is -0.642. The van der Waals surface area contributed by atoms with Crippen LogP contribution in [0.3, 0.4) is 0 Å². The summed E-state index contributed by atoms with van der Waals surface area (Å²) in [4.78, 5) is 70.4. The third-order valence-corrected chi connectivity index (χ3v) is 8.66. The number of nitrogens with zero attached hydrogens (tertiary/aromatic N) is 4. The van der Waals surface area contributed by atoms with E-state index in [9.17, 15) is 24.0 Å². The highest BCUT2D eigenvalue weighted by Crippen LogP contribution is 2.21. The van der Waals surface area contributed by atoms with Gasteiger partial charge in [-0.3, -0.25) is 14.6 Å². The Balaban J connectivity index is 0.000000485. The number of morpholine rings is 1. The third-order valence-electron chi connectivity index (χ3n) is 8.66. The Kier molecular flexibility index (Phi) is 33.6. The van der Waals surface area contributed by atoms with E-state index in [0.717, 1.165) is 60.1 Å². The predicted octanol–water partition coefficient (Wildman–Crippen LogP) is 9.31. The number of hydrogen-bond donors (Lipinski definition) is 1. The molecule has 2 aromatic heterocycles. The van der Waals surface area contributed by atoms with Crippen LogP contribution in [0, 0.1) is 0 Å². The second-order valence-electron chi connectivity index (χ2n) is 13.6. The molecule has 6 rings (SSSR count). The summed E-state index contributed by atoms with van der Waals surface area (Å²) in [5.74, 6) is -0.834. The summed E-state index contributed by atoms with van der Waals surface area (Å²) >= 11 is 0. The molecule has 0 bridgehead atoms. The van der Waals surface area contributed by atoms with E-state index in [4.69, 9.17) is 24.2 Å². The number of pyridine rings is 1. The number of carbonyl (C=O) groups excluding carboxylic acids is 5. The average Bonchev–Trinajstić information content (AvgIpc) is 3.38. The average molecular weight is 950 g/mol. The maximum absolute atomic E-state index is 11.7. The normalized spacial score (nSPS) is 10.8. The number of rotatable bonds is 17. The first-order valence-electron chi connectivity index (χ1n) is 23.5. The van der Waals surface area contributed by atoms with Gasteiger partial charge >= 0.3 is 23.9 Å². The molecule has 0 spiro atoms. The monoisotopic (exact) mass is 950 g/mol. The van der Waals surface area contributed by atoms with Crippen LogP contribution in [0.1, 0.15) is 84.2 Å². The lowest BCUT2D eigenvalue weighted by Gasteiger charge is -2.27. The van der Waals surface area contributed by atoms with Crippen molar-refractivity contribution < 1.29 is 47.7 Å². The largest absolute Gasteiger partial charge is 0.466 e. The zero-order valence-corrected chi connectivity index (χ0v) is 41.6. The van der Waals surface area contributed by atoms with Gasteiger partial charge in [-0.1, -0.05) is 125 Å². The van der Waals surface area contributed by atoms with Gasteiger partial charge in [-0.05, 0) is 62.9 Å². The molecule has 15 nitrogen and oxygen atoms in total. The van der Waals surface area contributed by atoms with Crippen LogP contribution in [-0.2, 0) is 66.9 Å². The number of hydrogen-bond acceptors (Lipinski definition) is 15. The fraction of sp³-hybridized carbons (Fsp3) is 0.370. The van der Waals surface area contributed by atoms with E-state index < -0.39 is 23.9 Å². The summed E-state index contributed by atoms with van der Waals surface area (Å²) in [6.07, 6.45) is 7.48. The van der Waals surface area contributed by atoms with Gasteiger partial charge in [-0.2, -0.15) is 4.98 Å². The highest BCUT2D eigenvalue weighted by Gasteiger charge is 2.20. The van der Waals surface area contributed by atoms with Crippen molar-refractivity contribution in [2.75, 3.05) is 62.9 Å². The highest BCUT2D eigenvalue weighted by atomic mass is 16.6. The summed E-state index contributed by atoms with van der Waals surface area (Å²) < 4.78 is 24.2. The van der Waals surface area contributed by atoms with Crippen molar-refractivity contribution in [3.8, 4) is 0 Å². The number of allylic oxidation sites excluding steroid dienone is 1. The number of aldehydes is 1. The number of esters is 4. The van der Waals surface area contributed by atoms with E-state index in [1.807, 2.05) is 125 Å². The minimum Gasteiger partial charge on any atom is -0.466 e. The Morgan fingerprint density at radius 2 is 1.13 bits per heavy atom. The quantitative estimate of drug-likeness (QED) is 0.0232. The standard InChI is InChI=1S/C20H21N5O.C15H18O4.C8H8O.C7H12O4.2C2H6/c1-2-5-16(6-3-1)13-18-14-19(22-17-7-4-8-21-15-17)24-20(23-18)25-9-11-26-12-10-25;1-3-18-14(16)13(15(17)19-4-2)11-10-12-8-6-5-7-9-12;9-7-6-8-4-2-1-3-5-8;1-3-10-6(8)5-7(9)11-4-2;2*1-2/h1-8,14-15H,9-13H2,(H,22,23,24);5-9,11H,3-4,10H2,1-2H3;1-5,7H,6H2;3-5H2,1-2H3;2*1-2H3. The van der Waals surface area contributed by atoms with Gasteiger partial charge in [0.2, 0.25) is 5.95 Å². The van der Waals surface area contributed by atoms with Crippen LogP contribution in [0.15, 0.2) is 133 Å². The van der Waals surface area contributed by atoms with Gasteiger partial charge in [0.05, 0.1) is 57.2 Å². The number of anilines is 3. The zero-order chi connectivity index (χ0) is 50.9. The Labute approximate surface area is 408 Å². The first-order valence-corrected chi connectivity index (χ1v) is 23.5. The topological polar surface area (TPSA) is 185 Å². The first kappa shape index (κ1) is 59.8. The molecule has 1 aliphatic heterocycles. The van der Waals surface area contributed by atoms with Crippen LogP contribution in [0.4, 0.5) is 17.5 Å². The Morgan fingerprint density at radius 3 is 1.59 bits per heavy atom. The number of aromatic nitrogens is 3. The minimum absolute atomic E-state index is 0.0486. The van der Waals surface area contributed by atoms with Gasteiger partial charge in [0.25, 0.3) is 0 Å². The van der Waals surface area contributed by atoms with Gasteiger partial charge < -0.3 is 38.7 Å². The molecule has 0 atom stereocenters. The molecule has 1 saturated heterocycles. The lowest BCUT2D eigenvalue weighted by Crippen LogP contribution is -2.37. The van der Waals surface area contributed by atoms with Crippen molar-refractivity contribution in [3.63, 3.8) is 0 Å². The molecule has 3 aromatic carbocycles. The van der Waals surface area contributed by atoms with E-state index in [1.54, 1.807) is 46.2 Å². The molecule has 372 valence electrons. The SMILES string of the molecule is CC.CC.CCOC(=O)C(=CCc1ccccc1)C(=O)OCC.CCOC(=O)CC(=O)OCC.O=CCc1ccccc1.c1ccc(Cc2cc(Nc3cccnc3)nc(N3CCOCC3)n2)cc1. The van der Waals surface area contributed by atoms with E-state index in [0.29, 0.717) is 26.1 Å². The zero-order valence-electron chi connectivity index (χ0n) is 41.6. The second-order valence-corrected chi connectivity index (χ2v) is 13.6.